The van der Waals surface area contributed by atoms with Gasteiger partial charge in [0.1, 0.15) is 5.75 Å². The number of hydrogen-bond acceptors (Lipinski definition) is 8. The fourth-order valence-electron chi connectivity index (χ4n) is 6.43. The number of aliphatic hydroxyl groups is 1. The molecule has 0 bridgehead atoms. The lowest BCUT2D eigenvalue weighted by molar-refractivity contribution is 0.110. The summed E-state index contributed by atoms with van der Waals surface area (Å²) in [4.78, 5) is 11.8. The van der Waals surface area contributed by atoms with E-state index >= 15 is 0 Å². The van der Waals surface area contributed by atoms with Gasteiger partial charge in [0.15, 0.2) is 0 Å². The average molecular weight is 664 g/mol. The molecule has 10 heteroatoms. The quantitative estimate of drug-likeness (QED) is 0.181. The topological polar surface area (TPSA) is 89.0 Å². The summed E-state index contributed by atoms with van der Waals surface area (Å²) in [6.45, 7) is 6.29. The van der Waals surface area contributed by atoms with Crippen molar-refractivity contribution < 1.29 is 19.3 Å². The Morgan fingerprint density at radius 1 is 1.07 bits per heavy atom. The number of methoxy groups -OCH3 is 2. The lowest BCUT2D eigenvalue weighted by Crippen LogP contribution is -2.35. The standard InChI is InChI=1S/C36H40Cl2N4O4/c1-22(43)20-42-14-12-23-16-25(17-32(44-2)30(23)21-42)35-34(38)28(11-13-40-35)27-7-4-8-29(33(27)37)31-10-9-24(36(41-31)45-3)18-39-19-26-6-5-15-46-26/h4,7-11,13,16-17,22,26,39,43H,5-6,12,14-15,18-21H2,1-3H3/t22-,26-/m0/s1. The number of halogens is 2. The number of hydrogen-bond donors (Lipinski definition) is 2. The van der Waals surface area contributed by atoms with Gasteiger partial charge in [-0.2, -0.15) is 0 Å². The van der Waals surface area contributed by atoms with Crippen molar-refractivity contribution in [1.29, 1.82) is 0 Å². The molecule has 1 saturated heterocycles. The van der Waals surface area contributed by atoms with Crippen LogP contribution in [0.2, 0.25) is 10.0 Å². The van der Waals surface area contributed by atoms with Crippen LogP contribution in [0.1, 0.15) is 36.5 Å². The van der Waals surface area contributed by atoms with Crippen LogP contribution < -0.4 is 14.8 Å². The minimum atomic E-state index is -0.385. The molecule has 0 aliphatic carbocycles. The molecule has 46 heavy (non-hydrogen) atoms. The summed E-state index contributed by atoms with van der Waals surface area (Å²) in [5, 5.41) is 14.4. The molecule has 0 spiro atoms. The smallest absolute Gasteiger partial charge is 0.218 e. The van der Waals surface area contributed by atoms with E-state index in [0.29, 0.717) is 40.4 Å². The molecule has 2 aromatic heterocycles. The van der Waals surface area contributed by atoms with Crippen LogP contribution >= 0.6 is 23.2 Å². The maximum Gasteiger partial charge on any atom is 0.218 e. The van der Waals surface area contributed by atoms with Crippen LogP contribution in [-0.2, 0) is 24.2 Å². The summed E-state index contributed by atoms with van der Waals surface area (Å²) < 4.78 is 17.2. The molecule has 2 aromatic carbocycles. The molecule has 2 aliphatic rings. The van der Waals surface area contributed by atoms with E-state index in [0.717, 1.165) is 84.6 Å². The van der Waals surface area contributed by atoms with Crippen LogP contribution in [0.5, 0.6) is 11.6 Å². The molecule has 0 amide bonds. The Morgan fingerprint density at radius 3 is 2.65 bits per heavy atom. The van der Waals surface area contributed by atoms with Crippen molar-refractivity contribution >= 4 is 23.2 Å². The van der Waals surface area contributed by atoms with E-state index in [-0.39, 0.29) is 12.2 Å². The molecular weight excluding hydrogens is 623 g/mol. The van der Waals surface area contributed by atoms with Gasteiger partial charge in [0.05, 0.1) is 47.9 Å². The van der Waals surface area contributed by atoms with Gasteiger partial charge < -0.3 is 24.6 Å². The fourth-order valence-corrected chi connectivity index (χ4v) is 7.08. The van der Waals surface area contributed by atoms with Crippen LogP contribution in [0.4, 0.5) is 0 Å². The molecule has 2 N–H and O–H groups in total. The second-order valence-corrected chi connectivity index (χ2v) is 12.7. The van der Waals surface area contributed by atoms with Gasteiger partial charge in [0.2, 0.25) is 5.88 Å². The summed E-state index contributed by atoms with van der Waals surface area (Å²) in [5.74, 6) is 1.34. The number of fused-ring (bicyclic) bond motifs is 1. The van der Waals surface area contributed by atoms with Gasteiger partial charge in [0.25, 0.3) is 0 Å². The normalized spacial score (nSPS) is 17.1. The van der Waals surface area contributed by atoms with E-state index in [2.05, 4.69) is 21.3 Å². The molecular formula is C36H40Cl2N4O4. The van der Waals surface area contributed by atoms with Gasteiger partial charge in [-0.3, -0.25) is 9.88 Å². The lowest BCUT2D eigenvalue weighted by atomic mass is 9.93. The minimum absolute atomic E-state index is 0.266. The predicted molar refractivity (Wildman–Crippen MR) is 183 cm³/mol. The zero-order chi connectivity index (χ0) is 32.2. The first-order valence-electron chi connectivity index (χ1n) is 15.8. The fraction of sp³-hybridized carbons (Fsp3) is 0.389. The van der Waals surface area contributed by atoms with Gasteiger partial charge in [0, 0.05) is 78.9 Å². The molecule has 4 heterocycles. The molecule has 2 aliphatic heterocycles. The maximum absolute atomic E-state index is 9.90. The molecule has 2 atom stereocenters. The number of β-amino-alcohol motifs (C(OH)–C–C–N with tert-alkyl or cyclic N) is 1. The van der Waals surface area contributed by atoms with Crippen LogP contribution in [-0.4, -0.2) is 72.6 Å². The highest BCUT2D eigenvalue weighted by molar-refractivity contribution is 6.39. The number of benzene rings is 2. The predicted octanol–water partition coefficient (Wildman–Crippen LogP) is 6.81. The molecule has 8 nitrogen and oxygen atoms in total. The first-order valence-corrected chi connectivity index (χ1v) is 16.5. The van der Waals surface area contributed by atoms with Crippen molar-refractivity contribution in [2.24, 2.45) is 0 Å². The van der Waals surface area contributed by atoms with Crippen molar-refractivity contribution in [1.82, 2.24) is 20.2 Å². The second kappa shape index (κ2) is 14.7. The highest BCUT2D eigenvalue weighted by atomic mass is 35.5. The summed E-state index contributed by atoms with van der Waals surface area (Å²) in [5.41, 5.74) is 7.90. The second-order valence-electron chi connectivity index (χ2n) is 12.0. The molecule has 0 unspecified atom stereocenters. The molecule has 0 radical (unpaired) electrons. The third-order valence-electron chi connectivity index (χ3n) is 8.69. The van der Waals surface area contributed by atoms with E-state index in [1.54, 1.807) is 20.4 Å². The zero-order valence-corrected chi connectivity index (χ0v) is 28.0. The van der Waals surface area contributed by atoms with E-state index in [1.165, 1.54) is 5.56 Å². The molecule has 1 fully saturated rings. The van der Waals surface area contributed by atoms with E-state index < -0.39 is 0 Å². The van der Waals surface area contributed by atoms with Crippen LogP contribution in [0.3, 0.4) is 0 Å². The number of nitrogens with zero attached hydrogens (tertiary/aromatic N) is 3. The van der Waals surface area contributed by atoms with Gasteiger partial charge >= 0.3 is 0 Å². The Labute approximate surface area is 280 Å². The Balaban J connectivity index is 1.28. The Morgan fingerprint density at radius 2 is 1.89 bits per heavy atom. The summed E-state index contributed by atoms with van der Waals surface area (Å²) in [6, 6.07) is 15.9. The third-order valence-corrected chi connectivity index (χ3v) is 9.48. The van der Waals surface area contributed by atoms with E-state index in [9.17, 15) is 5.11 Å². The average Bonchev–Trinajstić information content (AvgIpc) is 3.58. The number of ether oxygens (including phenoxy) is 3. The maximum atomic E-state index is 9.90. The summed E-state index contributed by atoms with van der Waals surface area (Å²) >= 11 is 14.2. The van der Waals surface area contributed by atoms with Crippen molar-refractivity contribution in [2.45, 2.75) is 51.5 Å². The molecule has 242 valence electrons. The molecule has 4 aromatic rings. The Hall–Kier alpha value is -3.24. The van der Waals surface area contributed by atoms with Crippen molar-refractivity contribution in [3.05, 3.63) is 81.5 Å². The Bertz CT molecular complexity index is 1680. The monoisotopic (exact) mass is 662 g/mol. The Kier molecular flexibility index (Phi) is 10.4. The van der Waals surface area contributed by atoms with Crippen LogP contribution in [0, 0.1) is 0 Å². The molecule has 6 rings (SSSR count). The number of nitrogens with one attached hydrogen (secondary N) is 1. The minimum Gasteiger partial charge on any atom is -0.496 e. The third kappa shape index (κ3) is 7.03. The van der Waals surface area contributed by atoms with E-state index in [4.69, 9.17) is 42.4 Å². The highest BCUT2D eigenvalue weighted by Gasteiger charge is 2.24. The number of aliphatic hydroxyl groups excluding tert-OH is 1. The summed E-state index contributed by atoms with van der Waals surface area (Å²) in [6.07, 6.45) is 4.69. The van der Waals surface area contributed by atoms with Gasteiger partial charge in [-0.15, -0.1) is 0 Å². The zero-order valence-electron chi connectivity index (χ0n) is 26.5. The van der Waals surface area contributed by atoms with Crippen molar-refractivity contribution in [2.75, 3.05) is 40.5 Å². The van der Waals surface area contributed by atoms with Gasteiger partial charge in [-0.05, 0) is 56.0 Å². The number of rotatable bonds is 11. The highest BCUT2D eigenvalue weighted by Crippen LogP contribution is 2.43. The first-order chi connectivity index (χ1) is 22.4. The van der Waals surface area contributed by atoms with Crippen molar-refractivity contribution in [3.63, 3.8) is 0 Å². The lowest BCUT2D eigenvalue weighted by Gasteiger charge is -2.31. The SMILES string of the molecule is COc1cc(-c2nccc(-c3cccc(-c4ccc(CNC[C@@H]5CCCO5)c(OC)n4)c3Cl)c2Cl)cc2c1CN(C[C@H](C)O)CC2. The van der Waals surface area contributed by atoms with Gasteiger partial charge in [-0.25, -0.2) is 4.98 Å². The number of pyridine rings is 2. The molecule has 0 saturated carbocycles. The van der Waals surface area contributed by atoms with E-state index in [1.807, 2.05) is 49.4 Å². The number of aromatic nitrogens is 2. The van der Waals surface area contributed by atoms with Crippen LogP contribution in [0.15, 0.2) is 54.7 Å². The van der Waals surface area contributed by atoms with Crippen molar-refractivity contribution in [3.8, 4) is 45.3 Å². The summed E-state index contributed by atoms with van der Waals surface area (Å²) in [7, 11) is 3.31. The van der Waals surface area contributed by atoms with Gasteiger partial charge in [-0.1, -0.05) is 47.5 Å². The first kappa shape index (κ1) is 32.7. The van der Waals surface area contributed by atoms with Crippen LogP contribution in [0.25, 0.3) is 33.6 Å². The largest absolute Gasteiger partial charge is 0.496 e.